The van der Waals surface area contributed by atoms with Gasteiger partial charge in [0.05, 0.1) is 17.3 Å². The molecule has 0 saturated heterocycles. The van der Waals surface area contributed by atoms with E-state index in [1.807, 2.05) is 22.6 Å². The van der Waals surface area contributed by atoms with Crippen LogP contribution in [-0.4, -0.2) is 13.7 Å². The number of halogens is 2. The predicted octanol–water partition coefficient (Wildman–Crippen LogP) is 3.47. The van der Waals surface area contributed by atoms with Crippen LogP contribution in [0.5, 0.6) is 11.5 Å². The summed E-state index contributed by atoms with van der Waals surface area (Å²) in [5.41, 5.74) is 0. The first-order valence-corrected chi connectivity index (χ1v) is 5.78. The van der Waals surface area contributed by atoms with Crippen molar-refractivity contribution >= 4 is 22.6 Å². The fraction of sp³-hybridized carbons (Fsp3) is 0.455. The van der Waals surface area contributed by atoms with Crippen molar-refractivity contribution in [1.29, 1.82) is 0 Å². The van der Waals surface area contributed by atoms with Gasteiger partial charge >= 0.3 is 0 Å². The Bertz CT molecular complexity index is 340. The molecule has 2 nitrogen and oxygen atoms in total. The summed E-state index contributed by atoms with van der Waals surface area (Å²) >= 11 is 2.04. The van der Waals surface area contributed by atoms with E-state index in [0.29, 0.717) is 24.0 Å². The van der Waals surface area contributed by atoms with Crippen LogP contribution in [0.2, 0.25) is 0 Å². The number of methoxy groups -OCH3 is 1. The van der Waals surface area contributed by atoms with E-state index in [4.69, 9.17) is 9.47 Å². The molecule has 1 rings (SSSR count). The standard InChI is InChI=1S/C11H14FIO2/c1-7(2)6-15-11-9(13)4-8(12)5-10(11)14-3/h4-5,7H,6H2,1-3H3. The highest BCUT2D eigenvalue weighted by Gasteiger charge is 2.11. The second-order valence-electron chi connectivity index (χ2n) is 3.62. The molecular weight excluding hydrogens is 310 g/mol. The molecule has 1 aromatic carbocycles. The van der Waals surface area contributed by atoms with Crippen molar-refractivity contribution in [2.75, 3.05) is 13.7 Å². The van der Waals surface area contributed by atoms with Gasteiger partial charge in [0, 0.05) is 6.07 Å². The third kappa shape index (κ3) is 3.52. The number of rotatable bonds is 4. The van der Waals surface area contributed by atoms with Gasteiger partial charge in [0.25, 0.3) is 0 Å². The largest absolute Gasteiger partial charge is 0.493 e. The van der Waals surface area contributed by atoms with Gasteiger partial charge in [0.15, 0.2) is 11.5 Å². The van der Waals surface area contributed by atoms with E-state index >= 15 is 0 Å². The Kier molecular flexibility index (Phi) is 4.63. The Hall–Kier alpha value is -0.520. The molecular formula is C11H14FIO2. The van der Waals surface area contributed by atoms with Crippen LogP contribution in [-0.2, 0) is 0 Å². The van der Waals surface area contributed by atoms with Crippen molar-refractivity contribution in [3.05, 3.63) is 21.5 Å². The van der Waals surface area contributed by atoms with Crippen LogP contribution >= 0.6 is 22.6 Å². The van der Waals surface area contributed by atoms with Crippen LogP contribution in [0.15, 0.2) is 12.1 Å². The van der Waals surface area contributed by atoms with Crippen LogP contribution in [0.3, 0.4) is 0 Å². The molecule has 0 fully saturated rings. The predicted molar refractivity (Wildman–Crippen MR) is 66.0 cm³/mol. The lowest BCUT2D eigenvalue weighted by molar-refractivity contribution is 0.254. The van der Waals surface area contributed by atoms with Crippen molar-refractivity contribution in [2.45, 2.75) is 13.8 Å². The van der Waals surface area contributed by atoms with Gasteiger partial charge in [-0.3, -0.25) is 0 Å². The molecule has 0 unspecified atom stereocenters. The molecule has 0 aliphatic carbocycles. The van der Waals surface area contributed by atoms with Crippen molar-refractivity contribution in [2.24, 2.45) is 5.92 Å². The van der Waals surface area contributed by atoms with Crippen LogP contribution in [0.4, 0.5) is 4.39 Å². The van der Waals surface area contributed by atoms with E-state index in [-0.39, 0.29) is 5.82 Å². The number of ether oxygens (including phenoxy) is 2. The molecule has 0 saturated carbocycles. The summed E-state index contributed by atoms with van der Waals surface area (Å²) in [6, 6.07) is 2.76. The van der Waals surface area contributed by atoms with Crippen LogP contribution in [0.1, 0.15) is 13.8 Å². The van der Waals surface area contributed by atoms with Crippen LogP contribution < -0.4 is 9.47 Å². The minimum atomic E-state index is -0.312. The number of hydrogen-bond acceptors (Lipinski definition) is 2. The first kappa shape index (κ1) is 12.5. The van der Waals surface area contributed by atoms with E-state index < -0.39 is 0 Å². The summed E-state index contributed by atoms with van der Waals surface area (Å²) in [6.07, 6.45) is 0. The average Bonchev–Trinajstić information content (AvgIpc) is 2.14. The van der Waals surface area contributed by atoms with E-state index in [1.165, 1.54) is 19.2 Å². The molecule has 1 aromatic rings. The Balaban J connectivity index is 2.93. The maximum Gasteiger partial charge on any atom is 0.174 e. The maximum atomic E-state index is 13.1. The fourth-order valence-electron chi connectivity index (χ4n) is 1.08. The fourth-order valence-corrected chi connectivity index (χ4v) is 1.80. The second kappa shape index (κ2) is 5.53. The Morgan fingerprint density at radius 2 is 2.07 bits per heavy atom. The zero-order valence-electron chi connectivity index (χ0n) is 9.01. The molecule has 0 spiro atoms. The number of hydrogen-bond donors (Lipinski definition) is 0. The lowest BCUT2D eigenvalue weighted by Crippen LogP contribution is -2.07. The summed E-state index contributed by atoms with van der Waals surface area (Å²) in [4.78, 5) is 0. The monoisotopic (exact) mass is 324 g/mol. The molecule has 0 N–H and O–H groups in total. The summed E-state index contributed by atoms with van der Waals surface area (Å²) in [6.45, 7) is 4.71. The van der Waals surface area contributed by atoms with E-state index in [1.54, 1.807) is 0 Å². The van der Waals surface area contributed by atoms with E-state index in [0.717, 1.165) is 3.57 Å². The molecule has 84 valence electrons. The molecule has 0 amide bonds. The average molecular weight is 324 g/mol. The van der Waals surface area contributed by atoms with Crippen molar-refractivity contribution in [3.63, 3.8) is 0 Å². The summed E-state index contributed by atoms with van der Waals surface area (Å²) < 4.78 is 24.4. The molecule has 0 aromatic heterocycles. The first-order chi connectivity index (χ1) is 7.04. The van der Waals surface area contributed by atoms with Gasteiger partial charge in [-0.2, -0.15) is 0 Å². The quantitative estimate of drug-likeness (QED) is 0.790. The highest BCUT2D eigenvalue weighted by atomic mass is 127. The smallest absolute Gasteiger partial charge is 0.174 e. The summed E-state index contributed by atoms with van der Waals surface area (Å²) in [5, 5.41) is 0. The number of benzene rings is 1. The highest BCUT2D eigenvalue weighted by molar-refractivity contribution is 14.1. The van der Waals surface area contributed by atoms with Gasteiger partial charge in [-0.05, 0) is 34.6 Å². The Labute approximate surface area is 103 Å². The summed E-state index contributed by atoms with van der Waals surface area (Å²) in [5.74, 6) is 1.18. The van der Waals surface area contributed by atoms with Crippen molar-refractivity contribution in [3.8, 4) is 11.5 Å². The van der Waals surface area contributed by atoms with Gasteiger partial charge in [-0.1, -0.05) is 13.8 Å². The van der Waals surface area contributed by atoms with Gasteiger partial charge < -0.3 is 9.47 Å². The molecule has 0 heterocycles. The molecule has 0 atom stereocenters. The Morgan fingerprint density at radius 1 is 1.40 bits per heavy atom. The second-order valence-corrected chi connectivity index (χ2v) is 4.79. The minimum absolute atomic E-state index is 0.312. The summed E-state index contributed by atoms with van der Waals surface area (Å²) in [7, 11) is 1.51. The first-order valence-electron chi connectivity index (χ1n) is 4.70. The molecule has 0 aliphatic heterocycles. The lowest BCUT2D eigenvalue weighted by Gasteiger charge is -2.13. The molecule has 0 aliphatic rings. The van der Waals surface area contributed by atoms with Crippen molar-refractivity contribution < 1.29 is 13.9 Å². The van der Waals surface area contributed by atoms with Gasteiger partial charge in [0.1, 0.15) is 5.82 Å². The van der Waals surface area contributed by atoms with Crippen LogP contribution in [0, 0.1) is 15.3 Å². The lowest BCUT2D eigenvalue weighted by atomic mass is 10.2. The Morgan fingerprint density at radius 3 is 2.60 bits per heavy atom. The normalized spacial score (nSPS) is 10.5. The zero-order chi connectivity index (χ0) is 11.4. The zero-order valence-corrected chi connectivity index (χ0v) is 11.2. The third-order valence-electron chi connectivity index (χ3n) is 1.76. The molecule has 0 radical (unpaired) electrons. The molecule has 4 heteroatoms. The maximum absolute atomic E-state index is 13.1. The topological polar surface area (TPSA) is 18.5 Å². The van der Waals surface area contributed by atoms with Crippen LogP contribution in [0.25, 0.3) is 0 Å². The third-order valence-corrected chi connectivity index (χ3v) is 2.56. The SMILES string of the molecule is COc1cc(F)cc(I)c1OCC(C)C. The molecule has 0 bridgehead atoms. The van der Waals surface area contributed by atoms with Gasteiger partial charge in [-0.15, -0.1) is 0 Å². The molecule has 15 heavy (non-hydrogen) atoms. The minimum Gasteiger partial charge on any atom is -0.493 e. The van der Waals surface area contributed by atoms with Gasteiger partial charge in [-0.25, -0.2) is 4.39 Å². The van der Waals surface area contributed by atoms with Gasteiger partial charge in [0.2, 0.25) is 0 Å². The highest BCUT2D eigenvalue weighted by Crippen LogP contribution is 2.33. The van der Waals surface area contributed by atoms with E-state index in [9.17, 15) is 4.39 Å². The van der Waals surface area contributed by atoms with Crippen molar-refractivity contribution in [1.82, 2.24) is 0 Å². The van der Waals surface area contributed by atoms with E-state index in [2.05, 4.69) is 13.8 Å².